The molecule has 1 amide bonds. The number of fused-ring (bicyclic) bond motifs is 1. The van der Waals surface area contributed by atoms with Crippen molar-refractivity contribution in [3.63, 3.8) is 0 Å². The van der Waals surface area contributed by atoms with E-state index >= 15 is 0 Å². The lowest BCUT2D eigenvalue weighted by Crippen LogP contribution is -2.42. The summed E-state index contributed by atoms with van der Waals surface area (Å²) in [6.45, 7) is 0. The molecular weight excluding hydrogens is 391 g/mol. The molecule has 0 aliphatic carbocycles. The maximum Gasteiger partial charge on any atom is 0.417 e. The van der Waals surface area contributed by atoms with Crippen molar-refractivity contribution < 1.29 is 40.8 Å². The summed E-state index contributed by atoms with van der Waals surface area (Å²) in [5, 5.41) is 11.3. The van der Waals surface area contributed by atoms with Crippen LogP contribution in [-0.2, 0) is 21.1 Å². The first kappa shape index (κ1) is 20.6. The van der Waals surface area contributed by atoms with Crippen LogP contribution in [0, 0.1) is 0 Å². The topological polar surface area (TPSA) is 121 Å². The smallest absolute Gasteiger partial charge is 0.417 e. The Balaban J connectivity index is 2.47. The second-order valence-electron chi connectivity index (χ2n) is 5.65. The summed E-state index contributed by atoms with van der Waals surface area (Å²) in [5.41, 5.74) is -2.02. The van der Waals surface area contributed by atoms with Gasteiger partial charge in [-0.3, -0.25) is 9.35 Å². The number of alkyl halides is 3. The Kier molecular flexibility index (Phi) is 5.76. The highest BCUT2D eigenvalue weighted by Crippen LogP contribution is 2.35. The van der Waals surface area contributed by atoms with E-state index < -0.39 is 57.5 Å². The Morgan fingerprint density at radius 2 is 1.74 bits per heavy atom. The lowest BCUT2D eigenvalue weighted by atomic mass is 9.97. The van der Waals surface area contributed by atoms with Gasteiger partial charge in [0, 0.05) is 0 Å². The molecule has 0 aliphatic rings. The number of rotatable bonds is 6. The van der Waals surface area contributed by atoms with Gasteiger partial charge in [-0.25, -0.2) is 4.79 Å². The van der Waals surface area contributed by atoms with Gasteiger partial charge in [0.1, 0.15) is 6.04 Å². The van der Waals surface area contributed by atoms with Gasteiger partial charge in [-0.1, -0.05) is 30.3 Å². The van der Waals surface area contributed by atoms with E-state index in [4.69, 9.17) is 9.66 Å². The fourth-order valence-electron chi connectivity index (χ4n) is 2.51. The highest BCUT2D eigenvalue weighted by molar-refractivity contribution is 7.85. The van der Waals surface area contributed by atoms with Gasteiger partial charge in [0.05, 0.1) is 16.9 Å². The van der Waals surface area contributed by atoms with Crippen LogP contribution in [0.15, 0.2) is 36.4 Å². The molecule has 0 aliphatic heterocycles. The van der Waals surface area contributed by atoms with Crippen LogP contribution in [-0.4, -0.2) is 41.7 Å². The normalized spacial score (nSPS) is 13.3. The van der Waals surface area contributed by atoms with E-state index in [1.54, 1.807) is 6.07 Å². The second kappa shape index (κ2) is 7.53. The van der Waals surface area contributed by atoms with E-state index in [9.17, 15) is 31.2 Å². The van der Waals surface area contributed by atoms with E-state index in [1.165, 1.54) is 24.3 Å². The summed E-state index contributed by atoms with van der Waals surface area (Å²) in [6, 6.07) is 5.84. The molecular formula is C16H14F3NO6S. The molecule has 0 saturated heterocycles. The standard InChI is InChI=1S/C16H14F3NO6S/c17-16(18,19)11-6-5-9-3-1-2-4-10(9)13(11)14(21)20-12(15(22)23)7-8-27(24,25)26/h1-6,12H,7-8H2,(H,20,21)(H,22,23)(H,24,25,26)/t12-/m0/s1. The Bertz CT molecular complexity index is 987. The second-order valence-corrected chi connectivity index (χ2v) is 7.22. The summed E-state index contributed by atoms with van der Waals surface area (Å²) >= 11 is 0. The van der Waals surface area contributed by atoms with E-state index in [-0.39, 0.29) is 5.39 Å². The van der Waals surface area contributed by atoms with E-state index in [0.717, 1.165) is 0 Å². The molecule has 7 nitrogen and oxygen atoms in total. The number of carbonyl (C=O) groups is 2. The van der Waals surface area contributed by atoms with Gasteiger partial charge in [-0.05, 0) is 23.3 Å². The molecule has 3 N–H and O–H groups in total. The number of carboxylic acids is 1. The average molecular weight is 405 g/mol. The van der Waals surface area contributed by atoms with E-state index in [0.29, 0.717) is 11.5 Å². The highest BCUT2D eigenvalue weighted by atomic mass is 32.2. The van der Waals surface area contributed by atoms with Crippen LogP contribution in [0.4, 0.5) is 13.2 Å². The van der Waals surface area contributed by atoms with Crippen LogP contribution in [0.3, 0.4) is 0 Å². The number of benzene rings is 2. The van der Waals surface area contributed by atoms with Crippen molar-refractivity contribution in [3.05, 3.63) is 47.5 Å². The third-order valence-electron chi connectivity index (χ3n) is 3.73. The molecule has 0 aromatic heterocycles. The molecule has 146 valence electrons. The zero-order valence-corrected chi connectivity index (χ0v) is 14.3. The Morgan fingerprint density at radius 1 is 1.11 bits per heavy atom. The molecule has 0 saturated carbocycles. The molecule has 27 heavy (non-hydrogen) atoms. The van der Waals surface area contributed by atoms with Gasteiger partial charge in [0.2, 0.25) is 0 Å². The molecule has 2 aromatic rings. The molecule has 0 radical (unpaired) electrons. The maximum absolute atomic E-state index is 13.3. The van der Waals surface area contributed by atoms with Gasteiger partial charge in [0.25, 0.3) is 16.0 Å². The molecule has 0 bridgehead atoms. The van der Waals surface area contributed by atoms with E-state index in [2.05, 4.69) is 0 Å². The van der Waals surface area contributed by atoms with Crippen molar-refractivity contribution in [1.29, 1.82) is 0 Å². The number of hydrogen-bond donors (Lipinski definition) is 3. The van der Waals surface area contributed by atoms with Gasteiger partial charge >= 0.3 is 12.1 Å². The fourth-order valence-corrected chi connectivity index (χ4v) is 3.04. The minimum Gasteiger partial charge on any atom is -0.480 e. The zero-order chi connectivity index (χ0) is 20.4. The Morgan fingerprint density at radius 3 is 2.30 bits per heavy atom. The largest absolute Gasteiger partial charge is 0.480 e. The average Bonchev–Trinajstić information content (AvgIpc) is 2.55. The lowest BCUT2D eigenvalue weighted by Gasteiger charge is -2.18. The summed E-state index contributed by atoms with van der Waals surface area (Å²) in [4.78, 5) is 23.7. The third-order valence-corrected chi connectivity index (χ3v) is 4.48. The van der Waals surface area contributed by atoms with Gasteiger partial charge in [-0.15, -0.1) is 0 Å². The Labute approximate surface area is 151 Å². The molecule has 2 aromatic carbocycles. The van der Waals surface area contributed by atoms with Crippen LogP contribution in [0.1, 0.15) is 22.3 Å². The highest BCUT2D eigenvalue weighted by Gasteiger charge is 2.37. The molecule has 0 unspecified atom stereocenters. The van der Waals surface area contributed by atoms with Crippen LogP contribution >= 0.6 is 0 Å². The molecule has 0 fully saturated rings. The van der Waals surface area contributed by atoms with Gasteiger partial charge in [0.15, 0.2) is 0 Å². The number of hydrogen-bond acceptors (Lipinski definition) is 4. The summed E-state index contributed by atoms with van der Waals surface area (Å²) in [7, 11) is -4.51. The SMILES string of the molecule is O=C(N[C@@H](CCS(=O)(=O)O)C(=O)O)c1c(C(F)(F)F)ccc2ccccc12. The monoisotopic (exact) mass is 405 g/mol. The fraction of sp³-hybridized carbons (Fsp3) is 0.250. The molecule has 2 rings (SSSR count). The van der Waals surface area contributed by atoms with Crippen molar-refractivity contribution in [1.82, 2.24) is 5.32 Å². The van der Waals surface area contributed by atoms with Crippen LogP contribution < -0.4 is 5.32 Å². The van der Waals surface area contributed by atoms with Crippen molar-refractivity contribution in [2.24, 2.45) is 0 Å². The number of aliphatic carboxylic acids is 1. The van der Waals surface area contributed by atoms with Crippen LogP contribution in [0.25, 0.3) is 10.8 Å². The third kappa shape index (κ3) is 5.17. The molecule has 0 spiro atoms. The predicted molar refractivity (Wildman–Crippen MR) is 88.9 cm³/mol. The van der Waals surface area contributed by atoms with Crippen molar-refractivity contribution in [3.8, 4) is 0 Å². The van der Waals surface area contributed by atoms with Crippen molar-refractivity contribution in [2.75, 3.05) is 5.75 Å². The minimum atomic E-state index is -4.87. The number of carbonyl (C=O) groups excluding carboxylic acids is 1. The molecule has 1 atom stereocenters. The first-order chi connectivity index (χ1) is 12.4. The summed E-state index contributed by atoms with van der Waals surface area (Å²) in [5.74, 6) is -3.95. The number of halogens is 3. The number of carboxylic acid groups (broad SMARTS) is 1. The number of nitrogens with one attached hydrogen (secondary N) is 1. The molecule has 11 heteroatoms. The van der Waals surface area contributed by atoms with Gasteiger partial charge < -0.3 is 10.4 Å². The lowest BCUT2D eigenvalue weighted by molar-refractivity contribution is -0.139. The van der Waals surface area contributed by atoms with Crippen LogP contribution in [0.5, 0.6) is 0 Å². The predicted octanol–water partition coefficient (Wildman–Crippen LogP) is 2.32. The number of amides is 1. The minimum absolute atomic E-state index is 0.0382. The van der Waals surface area contributed by atoms with Crippen molar-refractivity contribution in [2.45, 2.75) is 18.6 Å². The Hall–Kier alpha value is -2.66. The quantitative estimate of drug-likeness (QED) is 0.635. The van der Waals surface area contributed by atoms with E-state index in [1.807, 2.05) is 5.32 Å². The van der Waals surface area contributed by atoms with Crippen molar-refractivity contribution >= 4 is 32.8 Å². The summed E-state index contributed by atoms with van der Waals surface area (Å²) < 4.78 is 70.2. The van der Waals surface area contributed by atoms with Crippen LogP contribution in [0.2, 0.25) is 0 Å². The summed E-state index contributed by atoms with van der Waals surface area (Å²) in [6.07, 6.45) is -5.59. The van der Waals surface area contributed by atoms with Gasteiger partial charge in [-0.2, -0.15) is 21.6 Å². The first-order valence-electron chi connectivity index (χ1n) is 7.48. The molecule has 0 heterocycles. The first-order valence-corrected chi connectivity index (χ1v) is 9.09. The zero-order valence-electron chi connectivity index (χ0n) is 13.5. The maximum atomic E-state index is 13.3.